The number of hydrogen-bond acceptors (Lipinski definition) is 5. The van der Waals surface area contributed by atoms with Crippen molar-refractivity contribution in [2.75, 3.05) is 57.4 Å². The number of sulfone groups is 1. The van der Waals surface area contributed by atoms with E-state index >= 15 is 0 Å². The van der Waals surface area contributed by atoms with Crippen LogP contribution in [-0.4, -0.2) is 87.7 Å². The van der Waals surface area contributed by atoms with Gasteiger partial charge in [-0.05, 0) is 26.2 Å². The molecule has 134 valence electrons. The molecule has 8 heteroatoms. The Labute approximate surface area is 139 Å². The van der Waals surface area contributed by atoms with Crippen LogP contribution in [-0.2, 0) is 14.6 Å². The monoisotopic (exact) mass is 347 g/mol. The number of rotatable bonds is 6. The first-order valence-corrected chi connectivity index (χ1v) is 10.4. The highest BCUT2D eigenvalue weighted by atomic mass is 32.2. The Balaban J connectivity index is 1.64. The predicted octanol–water partition coefficient (Wildman–Crippen LogP) is 0.317. The average molecular weight is 347 g/mol. The molecule has 2 fully saturated rings. The van der Waals surface area contributed by atoms with Gasteiger partial charge in [0.05, 0.1) is 11.5 Å². The van der Waals surface area contributed by atoms with Gasteiger partial charge in [-0.2, -0.15) is 0 Å². The molecule has 0 saturated carbocycles. The zero-order valence-electron chi connectivity index (χ0n) is 14.0. The number of carbonyl (C=O) groups is 1. The third-order valence-corrected chi connectivity index (χ3v) is 6.30. The summed E-state index contributed by atoms with van der Waals surface area (Å²) in [5, 5.41) is 2.93. The molecule has 2 heterocycles. The lowest BCUT2D eigenvalue weighted by molar-refractivity contribution is 0.102. The predicted molar refractivity (Wildman–Crippen MR) is 89.3 cm³/mol. The Morgan fingerprint density at radius 3 is 2.43 bits per heavy atom. The summed E-state index contributed by atoms with van der Waals surface area (Å²) in [5.74, 6) is 0.608. The van der Waals surface area contributed by atoms with Gasteiger partial charge in [0, 0.05) is 52.0 Å². The molecule has 0 unspecified atom stereocenters. The van der Waals surface area contributed by atoms with Crippen LogP contribution in [0.25, 0.3) is 0 Å². The molecule has 0 radical (unpaired) electrons. The van der Waals surface area contributed by atoms with Gasteiger partial charge in [-0.1, -0.05) is 0 Å². The van der Waals surface area contributed by atoms with Crippen LogP contribution in [0.5, 0.6) is 0 Å². The van der Waals surface area contributed by atoms with E-state index < -0.39 is 9.84 Å². The van der Waals surface area contributed by atoms with Crippen LogP contribution in [0, 0.1) is 0 Å². The fraction of sp³-hybridized carbons (Fsp3) is 0.933. The van der Waals surface area contributed by atoms with E-state index in [-0.39, 0.29) is 6.03 Å². The molecular weight excluding hydrogens is 318 g/mol. The van der Waals surface area contributed by atoms with Crippen LogP contribution in [0.3, 0.4) is 0 Å². The third-order valence-electron chi connectivity index (χ3n) is 4.59. The first kappa shape index (κ1) is 18.5. The standard InChI is InChI=1S/C15H29N3O4S/c1-2-22-11-3-6-16-15(19)18-9-7-17(8-10-18)14-4-12-23(20,21)13-5-14/h14H,2-13H2,1H3,(H,16,19). The first-order valence-electron chi connectivity index (χ1n) is 8.57. The van der Waals surface area contributed by atoms with Gasteiger partial charge in [-0.15, -0.1) is 0 Å². The van der Waals surface area contributed by atoms with E-state index in [1.165, 1.54) is 0 Å². The van der Waals surface area contributed by atoms with Crippen molar-refractivity contribution < 1.29 is 17.9 Å². The van der Waals surface area contributed by atoms with Crippen LogP contribution < -0.4 is 5.32 Å². The fourth-order valence-electron chi connectivity index (χ4n) is 3.16. The van der Waals surface area contributed by atoms with Gasteiger partial charge in [-0.3, -0.25) is 4.90 Å². The van der Waals surface area contributed by atoms with E-state index in [0.717, 1.165) is 32.4 Å². The molecule has 0 aromatic carbocycles. The Kier molecular flexibility index (Phi) is 7.10. The third kappa shape index (κ3) is 5.93. The average Bonchev–Trinajstić information content (AvgIpc) is 2.55. The number of piperazine rings is 1. The molecule has 0 bridgehead atoms. The maximum absolute atomic E-state index is 12.1. The van der Waals surface area contributed by atoms with Crippen molar-refractivity contribution in [3.8, 4) is 0 Å². The van der Waals surface area contributed by atoms with Crippen molar-refractivity contribution >= 4 is 15.9 Å². The van der Waals surface area contributed by atoms with Crippen LogP contribution in [0.1, 0.15) is 26.2 Å². The fourth-order valence-corrected chi connectivity index (χ4v) is 4.63. The SMILES string of the molecule is CCOCCCNC(=O)N1CCN(C2CCS(=O)(=O)CC2)CC1. The number of hydrogen-bond donors (Lipinski definition) is 1. The summed E-state index contributed by atoms with van der Waals surface area (Å²) >= 11 is 0. The molecule has 0 spiro atoms. The Morgan fingerprint density at radius 2 is 1.83 bits per heavy atom. The molecule has 0 aromatic rings. The second-order valence-electron chi connectivity index (χ2n) is 6.19. The quantitative estimate of drug-likeness (QED) is 0.700. The van der Waals surface area contributed by atoms with Gasteiger partial charge >= 0.3 is 6.03 Å². The van der Waals surface area contributed by atoms with E-state index in [4.69, 9.17) is 4.74 Å². The minimum atomic E-state index is -2.81. The summed E-state index contributed by atoms with van der Waals surface area (Å²) < 4.78 is 28.2. The van der Waals surface area contributed by atoms with Crippen LogP contribution in [0.15, 0.2) is 0 Å². The van der Waals surface area contributed by atoms with E-state index in [9.17, 15) is 13.2 Å². The van der Waals surface area contributed by atoms with Crippen LogP contribution in [0.4, 0.5) is 4.79 Å². The van der Waals surface area contributed by atoms with Crippen LogP contribution >= 0.6 is 0 Å². The van der Waals surface area contributed by atoms with Gasteiger partial charge in [0.2, 0.25) is 0 Å². The largest absolute Gasteiger partial charge is 0.382 e. The van der Waals surface area contributed by atoms with Crippen molar-refractivity contribution in [3.63, 3.8) is 0 Å². The maximum atomic E-state index is 12.1. The number of nitrogens with one attached hydrogen (secondary N) is 1. The Hall–Kier alpha value is -0.860. The van der Waals surface area contributed by atoms with Gasteiger partial charge in [0.1, 0.15) is 9.84 Å². The molecule has 23 heavy (non-hydrogen) atoms. The molecule has 2 aliphatic rings. The molecule has 0 aliphatic carbocycles. The topological polar surface area (TPSA) is 79.0 Å². The van der Waals surface area contributed by atoms with E-state index in [1.54, 1.807) is 0 Å². The molecule has 2 saturated heterocycles. The van der Waals surface area contributed by atoms with Crippen molar-refractivity contribution in [3.05, 3.63) is 0 Å². The highest BCUT2D eigenvalue weighted by Gasteiger charge is 2.30. The number of amides is 2. The summed E-state index contributed by atoms with van der Waals surface area (Å²) in [5.41, 5.74) is 0. The van der Waals surface area contributed by atoms with Crippen molar-refractivity contribution in [2.45, 2.75) is 32.2 Å². The first-order chi connectivity index (χ1) is 11.0. The Bertz CT molecular complexity index is 461. The molecule has 0 aromatic heterocycles. The van der Waals surface area contributed by atoms with E-state index in [0.29, 0.717) is 50.4 Å². The molecule has 1 N–H and O–H groups in total. The summed E-state index contributed by atoms with van der Waals surface area (Å²) in [6.45, 7) is 7.06. The summed E-state index contributed by atoms with van der Waals surface area (Å²) in [7, 11) is -2.81. The van der Waals surface area contributed by atoms with Gasteiger partial charge < -0.3 is 15.0 Å². The number of urea groups is 1. The molecule has 0 atom stereocenters. The van der Waals surface area contributed by atoms with Gasteiger partial charge in [-0.25, -0.2) is 13.2 Å². The lowest BCUT2D eigenvalue weighted by Crippen LogP contribution is -2.55. The zero-order valence-corrected chi connectivity index (χ0v) is 14.8. The molecular formula is C15H29N3O4S. The lowest BCUT2D eigenvalue weighted by Gasteiger charge is -2.40. The number of carbonyl (C=O) groups excluding carboxylic acids is 1. The Morgan fingerprint density at radius 1 is 1.17 bits per heavy atom. The van der Waals surface area contributed by atoms with Crippen molar-refractivity contribution in [1.29, 1.82) is 0 Å². The minimum Gasteiger partial charge on any atom is -0.382 e. The smallest absolute Gasteiger partial charge is 0.317 e. The summed E-state index contributed by atoms with van der Waals surface area (Å²) in [6.07, 6.45) is 2.29. The molecule has 7 nitrogen and oxygen atoms in total. The van der Waals surface area contributed by atoms with Gasteiger partial charge in [0.15, 0.2) is 0 Å². The molecule has 2 amide bonds. The summed E-state index contributed by atoms with van der Waals surface area (Å²) in [6, 6.07) is 0.349. The normalized spacial score (nSPS) is 22.9. The zero-order chi connectivity index (χ0) is 16.7. The second kappa shape index (κ2) is 8.84. The van der Waals surface area contributed by atoms with Crippen molar-refractivity contribution in [2.24, 2.45) is 0 Å². The van der Waals surface area contributed by atoms with Crippen LogP contribution in [0.2, 0.25) is 0 Å². The minimum absolute atomic E-state index is 0.00706. The highest BCUT2D eigenvalue weighted by Crippen LogP contribution is 2.19. The summed E-state index contributed by atoms with van der Waals surface area (Å²) in [4.78, 5) is 16.3. The number of ether oxygens (including phenoxy) is 1. The molecule has 2 aliphatic heterocycles. The van der Waals surface area contributed by atoms with Crippen molar-refractivity contribution in [1.82, 2.24) is 15.1 Å². The lowest BCUT2D eigenvalue weighted by atomic mass is 10.1. The second-order valence-corrected chi connectivity index (χ2v) is 8.49. The van der Waals surface area contributed by atoms with Gasteiger partial charge in [0.25, 0.3) is 0 Å². The highest BCUT2D eigenvalue weighted by molar-refractivity contribution is 7.91. The maximum Gasteiger partial charge on any atom is 0.317 e. The van der Waals surface area contributed by atoms with E-state index in [2.05, 4.69) is 10.2 Å². The number of nitrogens with zero attached hydrogens (tertiary/aromatic N) is 2. The van der Waals surface area contributed by atoms with E-state index in [1.807, 2.05) is 11.8 Å². The molecule has 2 rings (SSSR count).